The molecule has 1 saturated carbocycles. The lowest BCUT2D eigenvalue weighted by Crippen LogP contribution is -2.53. The summed E-state index contributed by atoms with van der Waals surface area (Å²) < 4.78 is 19.5. The van der Waals surface area contributed by atoms with Crippen molar-refractivity contribution in [2.45, 2.75) is 51.2 Å². The fourth-order valence-electron chi connectivity index (χ4n) is 3.50. The molecular weight excluding hydrogens is 281 g/mol. The van der Waals surface area contributed by atoms with Crippen LogP contribution in [0.1, 0.15) is 49.4 Å². The van der Waals surface area contributed by atoms with E-state index < -0.39 is 11.8 Å². The number of carbonyl (C=O) groups is 1. The van der Waals surface area contributed by atoms with E-state index in [-0.39, 0.29) is 11.7 Å². The van der Waals surface area contributed by atoms with Gasteiger partial charge in [0.2, 0.25) is 0 Å². The minimum absolute atomic E-state index is 0.187. The molecular formula is C18H27FNO2+. The molecule has 4 heteroatoms. The van der Waals surface area contributed by atoms with E-state index in [0.29, 0.717) is 6.04 Å². The predicted molar refractivity (Wildman–Crippen MR) is 85.1 cm³/mol. The highest BCUT2D eigenvalue weighted by Crippen LogP contribution is 2.26. The largest absolute Gasteiger partial charge is 0.453 e. The molecule has 0 heterocycles. The van der Waals surface area contributed by atoms with Gasteiger partial charge in [-0.1, -0.05) is 12.5 Å². The molecule has 1 aromatic carbocycles. The van der Waals surface area contributed by atoms with Crippen LogP contribution in [0.5, 0.6) is 0 Å². The summed E-state index contributed by atoms with van der Waals surface area (Å²) in [6.45, 7) is 2.70. The molecule has 1 fully saturated rings. The number of rotatable bonds is 5. The molecule has 1 unspecified atom stereocenters. The minimum atomic E-state index is -0.448. The maximum atomic E-state index is 13.2. The Balaban J connectivity index is 1.91. The van der Waals surface area contributed by atoms with E-state index in [1.165, 1.54) is 50.3 Å². The van der Waals surface area contributed by atoms with Gasteiger partial charge in [-0.2, -0.15) is 0 Å². The fraction of sp³-hybridized carbons (Fsp3) is 0.611. The normalized spacial score (nSPS) is 18.0. The van der Waals surface area contributed by atoms with Gasteiger partial charge in [0.15, 0.2) is 0 Å². The summed E-state index contributed by atoms with van der Waals surface area (Å²) in [5, 5.41) is 0. The third kappa shape index (κ3) is 4.54. The van der Waals surface area contributed by atoms with E-state index >= 15 is 0 Å². The molecule has 3 nitrogen and oxygen atoms in total. The van der Waals surface area contributed by atoms with Gasteiger partial charge in [0.05, 0.1) is 25.7 Å². The number of hydrogen-bond acceptors (Lipinski definition) is 2. The fourth-order valence-corrected chi connectivity index (χ4v) is 3.50. The molecule has 0 bridgehead atoms. The molecule has 0 amide bonds. The van der Waals surface area contributed by atoms with E-state index in [1.807, 2.05) is 6.92 Å². The molecule has 0 spiro atoms. The van der Waals surface area contributed by atoms with Gasteiger partial charge >= 0.3 is 5.97 Å². The summed E-state index contributed by atoms with van der Waals surface area (Å²) >= 11 is 0. The quantitative estimate of drug-likeness (QED) is 0.611. The average Bonchev–Trinajstić information content (AvgIpc) is 2.47. The second-order valence-electron chi connectivity index (χ2n) is 6.98. The maximum absolute atomic E-state index is 13.2. The Bertz CT molecular complexity index is 510. The molecule has 0 radical (unpaired) electrons. The number of nitrogens with zero attached hydrogens (tertiary/aromatic N) is 1. The van der Waals surface area contributed by atoms with Crippen molar-refractivity contribution in [1.82, 2.24) is 0 Å². The Morgan fingerprint density at radius 3 is 2.64 bits per heavy atom. The zero-order chi connectivity index (χ0) is 16.2. The average molecular weight is 308 g/mol. The van der Waals surface area contributed by atoms with E-state index in [4.69, 9.17) is 4.74 Å². The summed E-state index contributed by atoms with van der Waals surface area (Å²) in [5.74, 6) is -0.865. The smallest absolute Gasteiger partial charge is 0.338 e. The van der Waals surface area contributed by atoms with Crippen LogP contribution in [0.2, 0.25) is 0 Å². The Labute approximate surface area is 132 Å². The van der Waals surface area contributed by atoms with Crippen LogP contribution in [0.3, 0.4) is 0 Å². The number of benzene rings is 1. The van der Waals surface area contributed by atoms with Crippen molar-refractivity contribution >= 4 is 5.97 Å². The topological polar surface area (TPSA) is 26.3 Å². The molecule has 22 heavy (non-hydrogen) atoms. The third-order valence-electron chi connectivity index (χ3n) is 4.66. The van der Waals surface area contributed by atoms with Gasteiger partial charge in [-0.05, 0) is 50.8 Å². The molecule has 0 aromatic heterocycles. The van der Waals surface area contributed by atoms with Gasteiger partial charge in [0, 0.05) is 0 Å². The van der Waals surface area contributed by atoms with Crippen molar-refractivity contribution < 1.29 is 18.4 Å². The monoisotopic (exact) mass is 308 g/mol. The Morgan fingerprint density at radius 1 is 1.32 bits per heavy atom. The van der Waals surface area contributed by atoms with Crippen LogP contribution in [-0.4, -0.2) is 43.2 Å². The van der Waals surface area contributed by atoms with Crippen molar-refractivity contribution in [3.63, 3.8) is 0 Å². The van der Waals surface area contributed by atoms with Crippen LogP contribution < -0.4 is 0 Å². The van der Waals surface area contributed by atoms with E-state index in [0.717, 1.165) is 11.0 Å². The summed E-state index contributed by atoms with van der Waals surface area (Å²) in [7, 11) is 4.42. The molecule has 2 rings (SSSR count). The summed E-state index contributed by atoms with van der Waals surface area (Å²) in [6.07, 6.45) is 6.23. The summed E-state index contributed by atoms with van der Waals surface area (Å²) in [5.41, 5.74) is 0.273. The van der Waals surface area contributed by atoms with E-state index in [1.54, 1.807) is 6.07 Å². The highest BCUT2D eigenvalue weighted by molar-refractivity contribution is 5.89. The Morgan fingerprint density at radius 2 is 2.00 bits per heavy atom. The first-order valence-electron chi connectivity index (χ1n) is 8.18. The van der Waals surface area contributed by atoms with Gasteiger partial charge in [-0.15, -0.1) is 0 Å². The third-order valence-corrected chi connectivity index (χ3v) is 4.66. The first kappa shape index (κ1) is 16.9. The van der Waals surface area contributed by atoms with Crippen molar-refractivity contribution in [2.24, 2.45) is 0 Å². The summed E-state index contributed by atoms with van der Waals surface area (Å²) in [6, 6.07) is 6.29. The molecule has 0 saturated heterocycles. The number of ether oxygens (including phenoxy) is 1. The van der Waals surface area contributed by atoms with Gasteiger partial charge in [0.25, 0.3) is 0 Å². The van der Waals surface area contributed by atoms with Crippen LogP contribution in [0.4, 0.5) is 4.39 Å². The standard InChI is InChI=1S/C18H27FNO2/c1-14(13-20(2,3)17-10-5-4-6-11-17)22-18(21)15-8-7-9-16(19)12-15/h7-9,12,14,17H,4-6,10-11,13H2,1-3H3/q+1. The molecule has 0 N–H and O–H groups in total. The van der Waals surface area contributed by atoms with Crippen LogP contribution in [0, 0.1) is 5.82 Å². The van der Waals surface area contributed by atoms with E-state index in [2.05, 4.69) is 14.1 Å². The number of likely N-dealkylation sites (N-methyl/N-ethyl adjacent to an activating group) is 1. The number of carbonyl (C=O) groups excluding carboxylic acids is 1. The zero-order valence-corrected chi connectivity index (χ0v) is 13.8. The van der Waals surface area contributed by atoms with Gasteiger partial charge in [-0.3, -0.25) is 0 Å². The van der Waals surface area contributed by atoms with Crippen LogP contribution in [-0.2, 0) is 4.74 Å². The van der Waals surface area contributed by atoms with Gasteiger partial charge in [-0.25, -0.2) is 9.18 Å². The van der Waals surface area contributed by atoms with E-state index in [9.17, 15) is 9.18 Å². The predicted octanol–water partition coefficient (Wildman–Crippen LogP) is 3.78. The van der Waals surface area contributed by atoms with Crippen LogP contribution in [0.15, 0.2) is 24.3 Å². The zero-order valence-electron chi connectivity index (χ0n) is 13.8. The number of halogens is 1. The van der Waals surface area contributed by atoms with Crippen LogP contribution >= 0.6 is 0 Å². The lowest BCUT2D eigenvalue weighted by Gasteiger charge is -2.41. The molecule has 1 aromatic rings. The highest BCUT2D eigenvalue weighted by Gasteiger charge is 2.32. The Hall–Kier alpha value is -1.42. The Kier molecular flexibility index (Phi) is 5.57. The molecule has 1 aliphatic rings. The second-order valence-corrected chi connectivity index (χ2v) is 6.98. The SMILES string of the molecule is CC(C[N+](C)(C)C1CCCCC1)OC(=O)c1cccc(F)c1. The molecule has 1 aliphatic carbocycles. The lowest BCUT2D eigenvalue weighted by atomic mass is 9.93. The summed E-state index contributed by atoms with van der Waals surface area (Å²) in [4.78, 5) is 12.1. The first-order chi connectivity index (χ1) is 10.4. The number of esters is 1. The maximum Gasteiger partial charge on any atom is 0.338 e. The lowest BCUT2D eigenvalue weighted by molar-refractivity contribution is -0.918. The van der Waals surface area contributed by atoms with Crippen molar-refractivity contribution in [3.8, 4) is 0 Å². The highest BCUT2D eigenvalue weighted by atomic mass is 19.1. The van der Waals surface area contributed by atoms with Crippen molar-refractivity contribution in [1.29, 1.82) is 0 Å². The molecule has 1 atom stereocenters. The van der Waals surface area contributed by atoms with Crippen LogP contribution in [0.25, 0.3) is 0 Å². The number of quaternary nitrogens is 1. The van der Waals surface area contributed by atoms with Crippen molar-refractivity contribution in [3.05, 3.63) is 35.6 Å². The van der Waals surface area contributed by atoms with Gasteiger partial charge < -0.3 is 9.22 Å². The van der Waals surface area contributed by atoms with Crippen molar-refractivity contribution in [2.75, 3.05) is 20.6 Å². The minimum Gasteiger partial charge on any atom is -0.453 e. The second kappa shape index (κ2) is 7.23. The molecule has 0 aliphatic heterocycles. The van der Waals surface area contributed by atoms with Gasteiger partial charge in [0.1, 0.15) is 18.5 Å². The molecule has 122 valence electrons. The first-order valence-corrected chi connectivity index (χ1v) is 8.18. The number of hydrogen-bond donors (Lipinski definition) is 0.